The summed E-state index contributed by atoms with van der Waals surface area (Å²) in [5, 5.41) is 7.80. The Labute approximate surface area is 192 Å². The molecule has 0 spiro atoms. The highest BCUT2D eigenvalue weighted by Gasteiger charge is 2.30. The van der Waals surface area contributed by atoms with Crippen LogP contribution >= 0.6 is 0 Å². The van der Waals surface area contributed by atoms with Crippen LogP contribution in [0.2, 0.25) is 0 Å². The summed E-state index contributed by atoms with van der Waals surface area (Å²) < 4.78 is 14.6. The number of aryl methyl sites for hydroxylation is 1. The van der Waals surface area contributed by atoms with Gasteiger partial charge in [0.05, 0.1) is 17.6 Å². The summed E-state index contributed by atoms with van der Waals surface area (Å²) in [4.78, 5) is 27.6. The number of carbonyl (C=O) groups is 1. The summed E-state index contributed by atoms with van der Waals surface area (Å²) >= 11 is 0. The van der Waals surface area contributed by atoms with Crippen LogP contribution in [0.15, 0.2) is 65.5 Å². The van der Waals surface area contributed by atoms with E-state index in [-0.39, 0.29) is 29.2 Å². The Morgan fingerprint density at radius 2 is 1.82 bits per heavy atom. The van der Waals surface area contributed by atoms with Crippen molar-refractivity contribution < 1.29 is 9.18 Å². The van der Waals surface area contributed by atoms with Crippen molar-refractivity contribution in [3.05, 3.63) is 88.0 Å². The van der Waals surface area contributed by atoms with Crippen molar-refractivity contribution in [3.8, 4) is 5.69 Å². The Morgan fingerprint density at radius 1 is 1.00 bits per heavy atom. The molecule has 0 radical (unpaired) electrons. The first-order valence-electron chi connectivity index (χ1n) is 11.6. The van der Waals surface area contributed by atoms with Gasteiger partial charge in [0.1, 0.15) is 11.6 Å². The van der Waals surface area contributed by atoms with Crippen LogP contribution in [0.1, 0.15) is 42.9 Å². The highest BCUT2D eigenvalue weighted by Crippen LogP contribution is 2.30. The molecule has 33 heavy (non-hydrogen) atoms. The molecule has 170 valence electrons. The van der Waals surface area contributed by atoms with Gasteiger partial charge in [-0.2, -0.15) is 4.68 Å². The number of halogens is 1. The molecule has 2 aromatic carbocycles. The van der Waals surface area contributed by atoms with Gasteiger partial charge >= 0.3 is 0 Å². The quantitative estimate of drug-likeness (QED) is 0.662. The summed E-state index contributed by atoms with van der Waals surface area (Å²) in [6.07, 6.45) is 4.80. The van der Waals surface area contributed by atoms with Crippen molar-refractivity contribution >= 4 is 11.7 Å². The van der Waals surface area contributed by atoms with Crippen molar-refractivity contribution in [2.24, 2.45) is 5.92 Å². The molecule has 2 unspecified atom stereocenters. The Hall–Kier alpha value is -3.48. The monoisotopic (exact) mass is 446 g/mol. The lowest BCUT2D eigenvalue weighted by molar-refractivity contribution is -0.126. The molecule has 2 heterocycles. The van der Waals surface area contributed by atoms with Crippen LogP contribution in [0, 0.1) is 11.7 Å². The number of aromatic nitrogens is 2. The number of carbonyl (C=O) groups excluding carboxylic acids is 1. The molecule has 0 bridgehead atoms. The highest BCUT2D eigenvalue weighted by atomic mass is 19.1. The van der Waals surface area contributed by atoms with E-state index >= 15 is 0 Å². The lowest BCUT2D eigenvalue weighted by atomic mass is 9.87. The predicted molar refractivity (Wildman–Crippen MR) is 125 cm³/mol. The van der Waals surface area contributed by atoms with Gasteiger partial charge in [-0.25, -0.2) is 4.39 Å². The highest BCUT2D eigenvalue weighted by molar-refractivity contribution is 5.80. The van der Waals surface area contributed by atoms with Crippen LogP contribution in [-0.4, -0.2) is 28.8 Å². The zero-order valence-corrected chi connectivity index (χ0v) is 18.4. The summed E-state index contributed by atoms with van der Waals surface area (Å²) in [6.45, 7) is 1.32. The number of nitrogens with zero attached hydrogens (tertiary/aromatic N) is 3. The third-order valence-corrected chi connectivity index (χ3v) is 6.66. The second-order valence-corrected chi connectivity index (χ2v) is 8.86. The number of hydrogen-bond donors (Lipinski definition) is 1. The lowest BCUT2D eigenvalue weighted by Gasteiger charge is -2.34. The van der Waals surface area contributed by atoms with E-state index in [1.807, 2.05) is 6.07 Å². The van der Waals surface area contributed by atoms with Gasteiger partial charge in [0.15, 0.2) is 0 Å². The minimum absolute atomic E-state index is 0.0660. The lowest BCUT2D eigenvalue weighted by Crippen LogP contribution is -2.45. The van der Waals surface area contributed by atoms with Crippen molar-refractivity contribution in [1.82, 2.24) is 15.1 Å². The standard InChI is InChI=1S/C26H27FN4O2/c27-20-10-12-21(13-11-20)31-25(32)15-14-24(29-31)30-16-4-7-19(17-30)26(33)28-23-9-3-6-18-5-1-2-8-22(18)23/h1-2,5,8,10-15,19,23H,3-4,6-7,9,16-17H2,(H,28,33). The van der Waals surface area contributed by atoms with E-state index in [4.69, 9.17) is 0 Å². The van der Waals surface area contributed by atoms with Gasteiger partial charge in [0, 0.05) is 19.2 Å². The molecule has 2 aliphatic rings. The number of amides is 1. The first-order valence-corrected chi connectivity index (χ1v) is 11.6. The van der Waals surface area contributed by atoms with Gasteiger partial charge in [0.2, 0.25) is 5.91 Å². The van der Waals surface area contributed by atoms with Crippen LogP contribution in [-0.2, 0) is 11.2 Å². The summed E-state index contributed by atoms with van der Waals surface area (Å²) in [7, 11) is 0. The van der Waals surface area contributed by atoms with Gasteiger partial charge in [-0.05, 0) is 73.6 Å². The van der Waals surface area contributed by atoms with Gasteiger partial charge in [-0.1, -0.05) is 24.3 Å². The molecule has 1 aromatic heterocycles. The molecule has 1 N–H and O–H groups in total. The molecule has 6 nitrogen and oxygen atoms in total. The Kier molecular flexibility index (Phi) is 5.94. The average Bonchev–Trinajstić information content (AvgIpc) is 2.85. The number of benzene rings is 2. The molecule has 7 heteroatoms. The fourth-order valence-electron chi connectivity index (χ4n) is 4.93. The third kappa shape index (κ3) is 4.53. The molecule has 1 aliphatic carbocycles. The zero-order chi connectivity index (χ0) is 22.8. The fraction of sp³-hybridized carbons (Fsp3) is 0.346. The van der Waals surface area contributed by atoms with Gasteiger partial charge in [0.25, 0.3) is 5.56 Å². The number of rotatable bonds is 4. The fourth-order valence-corrected chi connectivity index (χ4v) is 4.93. The van der Waals surface area contributed by atoms with Crippen LogP contribution in [0.4, 0.5) is 10.2 Å². The zero-order valence-electron chi connectivity index (χ0n) is 18.4. The average molecular weight is 447 g/mol. The summed E-state index contributed by atoms with van der Waals surface area (Å²) in [6, 6.07) is 17.3. The summed E-state index contributed by atoms with van der Waals surface area (Å²) in [5.41, 5.74) is 2.78. The maximum atomic E-state index is 13.3. The molecular weight excluding hydrogens is 419 g/mol. The molecule has 1 aliphatic heterocycles. The van der Waals surface area contributed by atoms with E-state index in [0.717, 1.165) is 38.6 Å². The van der Waals surface area contributed by atoms with Crippen molar-refractivity contribution in [1.29, 1.82) is 0 Å². The molecule has 2 atom stereocenters. The first-order chi connectivity index (χ1) is 16.1. The Bertz CT molecular complexity index is 1210. The number of anilines is 1. The van der Waals surface area contributed by atoms with Crippen LogP contribution in [0.3, 0.4) is 0 Å². The minimum atomic E-state index is -0.367. The largest absolute Gasteiger partial charge is 0.354 e. The summed E-state index contributed by atoms with van der Waals surface area (Å²) in [5.74, 6) is 0.210. The van der Waals surface area contributed by atoms with E-state index in [1.54, 1.807) is 6.07 Å². The number of fused-ring (bicyclic) bond motifs is 1. The van der Waals surface area contributed by atoms with Gasteiger partial charge in [-0.15, -0.1) is 5.10 Å². The van der Waals surface area contributed by atoms with Gasteiger partial charge in [-0.3, -0.25) is 9.59 Å². The molecule has 1 amide bonds. The van der Waals surface area contributed by atoms with Crippen molar-refractivity contribution in [2.75, 3.05) is 18.0 Å². The smallest absolute Gasteiger partial charge is 0.271 e. The second-order valence-electron chi connectivity index (χ2n) is 8.86. The maximum absolute atomic E-state index is 13.3. The molecule has 1 saturated heterocycles. The molecule has 5 rings (SSSR count). The number of piperidine rings is 1. The van der Waals surface area contributed by atoms with Crippen molar-refractivity contribution in [2.45, 2.75) is 38.1 Å². The van der Waals surface area contributed by atoms with E-state index < -0.39 is 0 Å². The third-order valence-electron chi connectivity index (χ3n) is 6.66. The van der Waals surface area contributed by atoms with E-state index in [0.29, 0.717) is 18.1 Å². The van der Waals surface area contributed by atoms with Crippen molar-refractivity contribution in [3.63, 3.8) is 0 Å². The van der Waals surface area contributed by atoms with E-state index in [1.165, 1.54) is 46.1 Å². The van der Waals surface area contributed by atoms with Gasteiger partial charge < -0.3 is 10.2 Å². The number of hydrogen-bond acceptors (Lipinski definition) is 4. The normalized spacial score (nSPS) is 20.2. The number of nitrogens with one attached hydrogen (secondary N) is 1. The van der Waals surface area contributed by atoms with E-state index in [2.05, 4.69) is 33.5 Å². The topological polar surface area (TPSA) is 67.2 Å². The molecular formula is C26H27FN4O2. The molecule has 1 fully saturated rings. The van der Waals surface area contributed by atoms with Crippen LogP contribution in [0.25, 0.3) is 5.69 Å². The van der Waals surface area contributed by atoms with Crippen LogP contribution < -0.4 is 15.8 Å². The maximum Gasteiger partial charge on any atom is 0.271 e. The SMILES string of the molecule is O=C(NC1CCCc2ccccc21)C1CCCN(c2ccc(=O)n(-c3ccc(F)cc3)n2)C1. The molecule has 3 aromatic rings. The predicted octanol–water partition coefficient (Wildman–Crippen LogP) is 3.78. The Balaban J connectivity index is 1.31. The Morgan fingerprint density at radius 3 is 2.67 bits per heavy atom. The van der Waals surface area contributed by atoms with E-state index in [9.17, 15) is 14.0 Å². The van der Waals surface area contributed by atoms with Crippen LogP contribution in [0.5, 0.6) is 0 Å². The molecule has 0 saturated carbocycles. The second kappa shape index (κ2) is 9.17. The minimum Gasteiger partial charge on any atom is -0.354 e. The first kappa shape index (κ1) is 21.4.